The molecule has 2 unspecified atom stereocenters. The van der Waals surface area contributed by atoms with Crippen LogP contribution in [0.1, 0.15) is 48.2 Å². The molecule has 11 heteroatoms. The maximum absolute atomic E-state index is 14.6. The van der Waals surface area contributed by atoms with E-state index in [2.05, 4.69) is 15.4 Å². The van der Waals surface area contributed by atoms with Crippen molar-refractivity contribution in [2.24, 2.45) is 0 Å². The Hall–Kier alpha value is -5.11. The van der Waals surface area contributed by atoms with Crippen molar-refractivity contribution in [2.45, 2.75) is 49.7 Å². The van der Waals surface area contributed by atoms with Crippen LogP contribution in [0.25, 0.3) is 16.9 Å². The van der Waals surface area contributed by atoms with Crippen LogP contribution >= 0.6 is 0 Å². The molecule has 7 rings (SSSR count). The highest BCUT2D eigenvalue weighted by Gasteiger charge is 2.57. The van der Waals surface area contributed by atoms with E-state index < -0.39 is 11.4 Å². The molecule has 3 aliphatic heterocycles. The van der Waals surface area contributed by atoms with E-state index in [4.69, 9.17) is 0 Å². The van der Waals surface area contributed by atoms with Crippen molar-refractivity contribution < 1.29 is 18.4 Å². The number of nitrogens with one attached hydrogen (secondary N) is 1. The number of rotatable bonds is 4. The largest absolute Gasteiger partial charge is 0.339 e. The number of benzene rings is 2. The quantitative estimate of drug-likeness (QED) is 0.380. The molecule has 1 spiro atoms. The monoisotopic (exact) mass is 579 g/mol. The minimum Gasteiger partial charge on any atom is -0.339 e. The minimum atomic E-state index is -0.843. The number of carbonyl (C=O) groups excluding carboxylic acids is 2. The number of anilines is 1. The third-order valence-corrected chi connectivity index (χ3v) is 8.92. The normalized spacial score (nSPS) is 22.9. The Balaban J connectivity index is 1.25. The molecule has 1 N–H and O–H groups in total. The molecule has 2 aromatic heterocycles. The van der Waals surface area contributed by atoms with E-state index in [0.29, 0.717) is 36.5 Å². The van der Waals surface area contributed by atoms with Gasteiger partial charge in [0, 0.05) is 54.6 Å². The van der Waals surface area contributed by atoms with Gasteiger partial charge in [-0.2, -0.15) is 10.4 Å². The van der Waals surface area contributed by atoms with Crippen LogP contribution in [0.4, 0.5) is 14.5 Å². The smallest absolute Gasteiger partial charge is 0.274 e. The van der Waals surface area contributed by atoms with Gasteiger partial charge in [0.2, 0.25) is 5.91 Å². The first-order chi connectivity index (χ1) is 20.9. The van der Waals surface area contributed by atoms with E-state index in [0.717, 1.165) is 24.9 Å². The predicted octanol–water partition coefficient (Wildman–Crippen LogP) is 4.57. The summed E-state index contributed by atoms with van der Waals surface area (Å²) in [4.78, 5) is 35.7. The van der Waals surface area contributed by atoms with Crippen molar-refractivity contribution in [1.29, 1.82) is 5.26 Å². The Kier molecular flexibility index (Phi) is 6.42. The maximum atomic E-state index is 14.6. The summed E-state index contributed by atoms with van der Waals surface area (Å²) in [5.74, 6) is -1.36. The Bertz CT molecular complexity index is 1750. The van der Waals surface area contributed by atoms with Crippen LogP contribution in [0.5, 0.6) is 0 Å². The van der Waals surface area contributed by atoms with Gasteiger partial charge in [-0.1, -0.05) is 0 Å². The fraction of sp³-hybridized carbons (Fsp3) is 0.281. The van der Waals surface area contributed by atoms with Gasteiger partial charge in [0.15, 0.2) is 5.69 Å². The van der Waals surface area contributed by atoms with Gasteiger partial charge in [0.05, 0.1) is 23.6 Å². The minimum absolute atomic E-state index is 0.0770. The summed E-state index contributed by atoms with van der Waals surface area (Å²) in [7, 11) is 0. The molecule has 3 saturated heterocycles. The summed E-state index contributed by atoms with van der Waals surface area (Å²) < 4.78 is 29.8. The number of nitriles is 1. The fourth-order valence-electron chi connectivity index (χ4n) is 6.98. The van der Waals surface area contributed by atoms with E-state index in [1.807, 2.05) is 21.9 Å². The Morgan fingerprint density at radius 3 is 2.44 bits per heavy atom. The van der Waals surface area contributed by atoms with Crippen LogP contribution in [0.2, 0.25) is 0 Å². The van der Waals surface area contributed by atoms with Gasteiger partial charge in [0.1, 0.15) is 23.2 Å². The second-order valence-electron chi connectivity index (χ2n) is 11.3. The van der Waals surface area contributed by atoms with Crippen molar-refractivity contribution in [2.75, 3.05) is 11.6 Å². The van der Waals surface area contributed by atoms with E-state index in [-0.39, 0.29) is 41.0 Å². The molecule has 0 saturated carbocycles. The molecule has 5 heterocycles. The highest BCUT2D eigenvalue weighted by molar-refractivity contribution is 5.96. The zero-order valence-corrected chi connectivity index (χ0v) is 23.1. The van der Waals surface area contributed by atoms with E-state index in [1.165, 1.54) is 28.9 Å². The molecule has 2 aromatic carbocycles. The van der Waals surface area contributed by atoms with Crippen LogP contribution in [-0.2, 0) is 4.79 Å². The fourth-order valence-corrected chi connectivity index (χ4v) is 6.98. The zero-order chi connectivity index (χ0) is 29.7. The summed E-state index contributed by atoms with van der Waals surface area (Å²) in [6, 6.07) is 17.0. The first-order valence-corrected chi connectivity index (χ1v) is 14.2. The molecule has 43 heavy (non-hydrogen) atoms. The lowest BCUT2D eigenvalue weighted by atomic mass is 9.72. The zero-order valence-electron chi connectivity index (χ0n) is 23.1. The number of halogens is 2. The van der Waals surface area contributed by atoms with Gasteiger partial charge in [-0.05, 0) is 73.9 Å². The van der Waals surface area contributed by atoms with E-state index >= 15 is 0 Å². The van der Waals surface area contributed by atoms with Gasteiger partial charge in [-0.25, -0.2) is 13.5 Å². The predicted molar refractivity (Wildman–Crippen MR) is 153 cm³/mol. The third-order valence-electron chi connectivity index (χ3n) is 8.92. The van der Waals surface area contributed by atoms with Crippen LogP contribution < -0.4 is 10.2 Å². The number of piperidine rings is 2. The Morgan fingerprint density at radius 1 is 1.02 bits per heavy atom. The molecular weight excluding hydrogens is 552 g/mol. The highest BCUT2D eigenvalue weighted by Crippen LogP contribution is 2.46. The number of pyridine rings is 1. The summed E-state index contributed by atoms with van der Waals surface area (Å²) in [5, 5.41) is 16.8. The average molecular weight is 580 g/mol. The summed E-state index contributed by atoms with van der Waals surface area (Å²) in [6.07, 6.45) is 6.58. The van der Waals surface area contributed by atoms with Crippen molar-refractivity contribution in [3.8, 4) is 23.0 Å². The standard InChI is InChI=1S/C32H27F2N7O2/c33-22-7-10-23(11-8-22)39-19-37-31(43)32(39)15-25-4-1-5-26(16-32)40(25)30(42)28-14-29(21-3-2-12-36-18-21)41(38-28)24-9-6-20(17-35)27(34)13-24/h2-3,6-14,18,25-26H,1,4-5,15-16,19H2,(H,37,43). The van der Waals surface area contributed by atoms with Crippen molar-refractivity contribution in [3.05, 3.63) is 95.9 Å². The van der Waals surface area contributed by atoms with E-state index in [9.17, 15) is 23.6 Å². The second-order valence-corrected chi connectivity index (χ2v) is 11.3. The molecule has 2 bridgehead atoms. The lowest BCUT2D eigenvalue weighted by Gasteiger charge is -2.54. The van der Waals surface area contributed by atoms with Crippen molar-refractivity contribution in [3.63, 3.8) is 0 Å². The first kappa shape index (κ1) is 26.8. The Morgan fingerprint density at radius 2 is 1.77 bits per heavy atom. The van der Waals surface area contributed by atoms with Gasteiger partial charge in [-0.3, -0.25) is 14.6 Å². The van der Waals surface area contributed by atoms with Gasteiger partial charge in [-0.15, -0.1) is 0 Å². The molecule has 216 valence electrons. The highest BCUT2D eigenvalue weighted by atomic mass is 19.1. The number of hydrogen-bond donors (Lipinski definition) is 1. The average Bonchev–Trinajstić information content (AvgIpc) is 3.59. The molecule has 9 nitrogen and oxygen atoms in total. The first-order valence-electron chi connectivity index (χ1n) is 14.2. The molecular formula is C32H27F2N7O2. The number of aromatic nitrogens is 3. The molecule has 0 radical (unpaired) electrons. The number of fused-ring (bicyclic) bond motifs is 2. The van der Waals surface area contributed by atoms with Crippen molar-refractivity contribution >= 4 is 17.5 Å². The lowest BCUT2D eigenvalue weighted by molar-refractivity contribution is -0.127. The molecule has 0 aliphatic carbocycles. The summed E-state index contributed by atoms with van der Waals surface area (Å²) in [5.41, 5.74) is 1.63. The van der Waals surface area contributed by atoms with Crippen LogP contribution in [-0.4, -0.2) is 55.8 Å². The van der Waals surface area contributed by atoms with Crippen LogP contribution in [0.15, 0.2) is 73.1 Å². The molecule has 4 aromatic rings. The number of amides is 2. The Labute approximate surface area is 246 Å². The summed E-state index contributed by atoms with van der Waals surface area (Å²) >= 11 is 0. The molecule has 2 atom stereocenters. The second kappa shape index (κ2) is 10.3. The third kappa shape index (κ3) is 4.41. The number of hydrogen-bond acceptors (Lipinski definition) is 6. The van der Waals surface area contributed by atoms with Gasteiger partial charge in [0.25, 0.3) is 5.91 Å². The van der Waals surface area contributed by atoms with Crippen LogP contribution in [0.3, 0.4) is 0 Å². The maximum Gasteiger partial charge on any atom is 0.274 e. The lowest BCUT2D eigenvalue weighted by Crippen LogP contribution is -2.65. The number of carbonyl (C=O) groups is 2. The molecule has 2 amide bonds. The SMILES string of the molecule is N#Cc1ccc(-n2nc(C(=O)N3C4CCCC3CC3(C4)C(=O)NCN3c3ccc(F)cc3)cc2-c2cccnc2)cc1F. The topological polar surface area (TPSA) is 107 Å². The number of nitrogens with zero attached hydrogens (tertiary/aromatic N) is 6. The van der Waals surface area contributed by atoms with Gasteiger partial charge >= 0.3 is 0 Å². The van der Waals surface area contributed by atoms with Crippen molar-refractivity contribution in [1.82, 2.24) is 25.0 Å². The molecule has 3 fully saturated rings. The van der Waals surface area contributed by atoms with Gasteiger partial charge < -0.3 is 15.1 Å². The molecule has 3 aliphatic rings. The summed E-state index contributed by atoms with van der Waals surface area (Å²) in [6.45, 7) is 0.317. The van der Waals surface area contributed by atoms with Crippen LogP contribution in [0, 0.1) is 23.0 Å². The van der Waals surface area contributed by atoms with E-state index in [1.54, 1.807) is 42.7 Å².